The molecule has 2 rings (SSSR count). The summed E-state index contributed by atoms with van der Waals surface area (Å²) in [6, 6.07) is 10.9. The van der Waals surface area contributed by atoms with Crippen molar-refractivity contribution in [1.29, 1.82) is 0 Å². The second kappa shape index (κ2) is 7.68. The van der Waals surface area contributed by atoms with Crippen molar-refractivity contribution in [1.82, 2.24) is 10.3 Å². The van der Waals surface area contributed by atoms with Crippen LogP contribution in [0.1, 0.15) is 18.4 Å². The Morgan fingerprint density at radius 1 is 1.32 bits per heavy atom. The number of nitrogens with one attached hydrogen (secondary N) is 1. The lowest BCUT2D eigenvalue weighted by Crippen LogP contribution is -2.30. The number of hydrogen-bond acceptors (Lipinski definition) is 4. The van der Waals surface area contributed by atoms with E-state index in [2.05, 4.69) is 48.1 Å². The molecule has 19 heavy (non-hydrogen) atoms. The van der Waals surface area contributed by atoms with Gasteiger partial charge in [-0.1, -0.05) is 37.3 Å². The molecular weight excluding hydrogens is 272 g/mol. The van der Waals surface area contributed by atoms with Gasteiger partial charge in [-0.15, -0.1) is 11.3 Å². The smallest absolute Gasteiger partial charge is 0.107 e. The van der Waals surface area contributed by atoms with Crippen LogP contribution < -0.4 is 5.32 Å². The molecule has 1 unspecified atom stereocenters. The second-order valence-corrected chi connectivity index (χ2v) is 6.29. The molecule has 0 saturated carbocycles. The van der Waals surface area contributed by atoms with Crippen molar-refractivity contribution in [2.45, 2.75) is 25.9 Å². The number of thioether (sulfide) groups is 1. The van der Waals surface area contributed by atoms with Gasteiger partial charge in [0.25, 0.3) is 0 Å². The highest BCUT2D eigenvalue weighted by Gasteiger charge is 2.07. The van der Waals surface area contributed by atoms with E-state index in [9.17, 15) is 0 Å². The minimum Gasteiger partial charge on any atom is -0.307 e. The van der Waals surface area contributed by atoms with Gasteiger partial charge in [0, 0.05) is 29.3 Å². The molecule has 0 radical (unpaired) electrons. The summed E-state index contributed by atoms with van der Waals surface area (Å²) < 4.78 is 0. The first-order chi connectivity index (χ1) is 9.33. The van der Waals surface area contributed by atoms with Gasteiger partial charge in [0.05, 0.1) is 5.69 Å². The van der Waals surface area contributed by atoms with Crippen molar-refractivity contribution in [3.63, 3.8) is 0 Å². The van der Waals surface area contributed by atoms with Crippen molar-refractivity contribution in [3.8, 4) is 11.3 Å². The zero-order valence-electron chi connectivity index (χ0n) is 11.4. The van der Waals surface area contributed by atoms with Crippen molar-refractivity contribution >= 4 is 23.1 Å². The minimum atomic E-state index is 0.582. The summed E-state index contributed by atoms with van der Waals surface area (Å²) in [4.78, 5) is 4.70. The third-order valence-corrected chi connectivity index (χ3v) is 4.61. The van der Waals surface area contributed by atoms with Gasteiger partial charge in [-0.3, -0.25) is 0 Å². The van der Waals surface area contributed by atoms with Crippen molar-refractivity contribution in [3.05, 3.63) is 40.7 Å². The highest BCUT2D eigenvalue weighted by atomic mass is 32.2. The van der Waals surface area contributed by atoms with E-state index in [-0.39, 0.29) is 0 Å². The maximum absolute atomic E-state index is 4.70. The lowest BCUT2D eigenvalue weighted by atomic mass is 10.2. The van der Waals surface area contributed by atoms with Crippen LogP contribution in [0.3, 0.4) is 0 Å². The Morgan fingerprint density at radius 2 is 2.11 bits per heavy atom. The molecule has 4 heteroatoms. The molecule has 1 atom stereocenters. The minimum absolute atomic E-state index is 0.582. The van der Waals surface area contributed by atoms with Crippen LogP contribution in [-0.4, -0.2) is 23.0 Å². The van der Waals surface area contributed by atoms with Crippen LogP contribution in [-0.2, 0) is 6.54 Å². The van der Waals surface area contributed by atoms with Gasteiger partial charge in [0.2, 0.25) is 0 Å². The predicted molar refractivity (Wildman–Crippen MR) is 86.9 cm³/mol. The summed E-state index contributed by atoms with van der Waals surface area (Å²) in [5.74, 6) is 1.16. The number of hydrogen-bond donors (Lipinski definition) is 1. The third kappa shape index (κ3) is 4.34. The van der Waals surface area contributed by atoms with Crippen LogP contribution in [0.2, 0.25) is 0 Å². The summed E-state index contributed by atoms with van der Waals surface area (Å²) in [5, 5.41) is 6.88. The first-order valence-electron chi connectivity index (χ1n) is 6.55. The molecular formula is C15H20N2S2. The zero-order valence-corrected chi connectivity index (χ0v) is 13.1. The molecule has 1 aromatic carbocycles. The van der Waals surface area contributed by atoms with Crippen LogP contribution in [0.15, 0.2) is 35.7 Å². The van der Waals surface area contributed by atoms with E-state index in [1.807, 2.05) is 17.8 Å². The normalized spacial score (nSPS) is 12.5. The fraction of sp³-hybridized carbons (Fsp3) is 0.400. The summed E-state index contributed by atoms with van der Waals surface area (Å²) >= 11 is 3.63. The van der Waals surface area contributed by atoms with Crippen molar-refractivity contribution in [2.24, 2.45) is 0 Å². The average molecular weight is 292 g/mol. The van der Waals surface area contributed by atoms with E-state index in [1.54, 1.807) is 11.3 Å². The number of benzene rings is 1. The van der Waals surface area contributed by atoms with Gasteiger partial charge in [-0.05, 0) is 12.7 Å². The highest BCUT2D eigenvalue weighted by Crippen LogP contribution is 2.21. The molecule has 0 spiro atoms. The Balaban J connectivity index is 1.94. The lowest BCUT2D eigenvalue weighted by Gasteiger charge is -2.14. The third-order valence-electron chi connectivity index (χ3n) is 3.02. The fourth-order valence-corrected chi connectivity index (χ4v) is 3.40. The number of aromatic nitrogens is 1. The summed E-state index contributed by atoms with van der Waals surface area (Å²) in [6.45, 7) is 3.10. The largest absolute Gasteiger partial charge is 0.307 e. The average Bonchev–Trinajstić information content (AvgIpc) is 2.93. The van der Waals surface area contributed by atoms with Gasteiger partial charge in [-0.25, -0.2) is 4.98 Å². The Morgan fingerprint density at radius 3 is 2.79 bits per heavy atom. The number of thiazole rings is 1. The van der Waals surface area contributed by atoms with Crippen LogP contribution in [0.5, 0.6) is 0 Å². The zero-order chi connectivity index (χ0) is 13.5. The molecule has 0 aliphatic carbocycles. The maximum atomic E-state index is 4.70. The maximum Gasteiger partial charge on any atom is 0.107 e. The van der Waals surface area contributed by atoms with Crippen molar-refractivity contribution < 1.29 is 0 Å². The van der Waals surface area contributed by atoms with Gasteiger partial charge < -0.3 is 5.32 Å². The van der Waals surface area contributed by atoms with E-state index < -0.39 is 0 Å². The molecule has 0 amide bonds. The summed E-state index contributed by atoms with van der Waals surface area (Å²) in [6.07, 6.45) is 3.32. The van der Waals surface area contributed by atoms with E-state index >= 15 is 0 Å². The van der Waals surface area contributed by atoms with Crippen molar-refractivity contribution in [2.75, 3.05) is 12.0 Å². The predicted octanol–water partition coefficient (Wildman–Crippen LogP) is 4.04. The Bertz CT molecular complexity index is 482. The van der Waals surface area contributed by atoms with Gasteiger partial charge in [0.15, 0.2) is 0 Å². The van der Waals surface area contributed by atoms with Gasteiger partial charge in [-0.2, -0.15) is 11.8 Å². The van der Waals surface area contributed by atoms with E-state index in [0.717, 1.165) is 24.4 Å². The standard InChI is InChI=1S/C15H20N2S2/c1-3-13(10-18-2)16-9-15-17-14(11-19-15)12-7-5-4-6-8-12/h4-8,11,13,16H,3,9-10H2,1-2H3. The van der Waals surface area contributed by atoms with Crippen LogP contribution >= 0.6 is 23.1 Å². The Hall–Kier alpha value is -0.840. The Labute approximate surface area is 123 Å². The quantitative estimate of drug-likeness (QED) is 0.833. The van der Waals surface area contributed by atoms with Crippen LogP contribution in [0.4, 0.5) is 0 Å². The van der Waals surface area contributed by atoms with Crippen LogP contribution in [0.25, 0.3) is 11.3 Å². The van der Waals surface area contributed by atoms with Gasteiger partial charge >= 0.3 is 0 Å². The molecule has 0 aliphatic heterocycles. The molecule has 1 aromatic heterocycles. The number of nitrogens with zero attached hydrogens (tertiary/aromatic N) is 1. The van der Waals surface area contributed by atoms with E-state index in [0.29, 0.717) is 6.04 Å². The molecule has 0 fully saturated rings. The molecule has 2 aromatic rings. The molecule has 1 heterocycles. The molecule has 0 aliphatic rings. The SMILES string of the molecule is CCC(CSC)NCc1nc(-c2ccccc2)cs1. The first-order valence-corrected chi connectivity index (χ1v) is 8.83. The highest BCUT2D eigenvalue weighted by molar-refractivity contribution is 7.98. The van der Waals surface area contributed by atoms with E-state index in [4.69, 9.17) is 4.98 Å². The molecule has 0 saturated heterocycles. The Kier molecular flexibility index (Phi) is 5.89. The summed E-state index contributed by atoms with van der Waals surface area (Å²) in [7, 11) is 0. The monoisotopic (exact) mass is 292 g/mol. The second-order valence-electron chi connectivity index (χ2n) is 4.43. The molecule has 1 N–H and O–H groups in total. The summed E-state index contributed by atoms with van der Waals surface area (Å²) in [5.41, 5.74) is 2.28. The van der Waals surface area contributed by atoms with Crippen LogP contribution in [0, 0.1) is 0 Å². The fourth-order valence-electron chi connectivity index (χ4n) is 1.89. The lowest BCUT2D eigenvalue weighted by molar-refractivity contribution is 0.540. The first kappa shape index (κ1) is 14.6. The van der Waals surface area contributed by atoms with E-state index in [1.165, 1.54) is 10.6 Å². The topological polar surface area (TPSA) is 24.9 Å². The molecule has 0 bridgehead atoms. The molecule has 102 valence electrons. The van der Waals surface area contributed by atoms with Gasteiger partial charge in [0.1, 0.15) is 5.01 Å². The number of rotatable bonds is 7. The molecule has 2 nitrogen and oxygen atoms in total.